The molecule has 0 aliphatic heterocycles. The summed E-state index contributed by atoms with van der Waals surface area (Å²) >= 11 is 0. The zero-order chi connectivity index (χ0) is 10.7. The van der Waals surface area contributed by atoms with Crippen molar-refractivity contribution < 1.29 is 0 Å². The Kier molecular flexibility index (Phi) is 1.92. The highest BCUT2D eigenvalue weighted by molar-refractivity contribution is 5.18. The Morgan fingerprint density at radius 3 is 2.73 bits per heavy atom. The van der Waals surface area contributed by atoms with Crippen molar-refractivity contribution in [1.29, 1.82) is 0 Å². The van der Waals surface area contributed by atoms with E-state index in [4.69, 9.17) is 0 Å². The summed E-state index contributed by atoms with van der Waals surface area (Å²) in [5.41, 5.74) is 3.12. The maximum absolute atomic E-state index is 2.59. The van der Waals surface area contributed by atoms with Crippen LogP contribution in [0.3, 0.4) is 0 Å². The predicted octanol–water partition coefficient (Wildman–Crippen LogP) is 4.56. The van der Waals surface area contributed by atoms with Crippen molar-refractivity contribution in [2.75, 3.05) is 0 Å². The Bertz CT molecular complexity index is 310. The van der Waals surface area contributed by atoms with Gasteiger partial charge in [0.25, 0.3) is 0 Å². The average molecular weight is 204 g/mol. The minimum Gasteiger partial charge on any atom is -0.0853 e. The Labute approximate surface area is 94.1 Å². The largest absolute Gasteiger partial charge is 0.0853 e. The van der Waals surface area contributed by atoms with E-state index in [0.717, 1.165) is 11.8 Å². The van der Waals surface area contributed by atoms with Crippen LogP contribution >= 0.6 is 0 Å². The highest BCUT2D eigenvalue weighted by atomic mass is 14.6. The fourth-order valence-electron chi connectivity index (χ4n) is 5.23. The summed E-state index contributed by atoms with van der Waals surface area (Å²) in [7, 11) is 0. The molecule has 3 atom stereocenters. The molecule has 0 N–H and O–H groups in total. The number of allylic oxidation sites excluding steroid dienone is 2. The van der Waals surface area contributed by atoms with E-state index in [0.29, 0.717) is 10.8 Å². The van der Waals surface area contributed by atoms with Crippen LogP contribution in [0.1, 0.15) is 59.3 Å². The van der Waals surface area contributed by atoms with Gasteiger partial charge in [0.15, 0.2) is 0 Å². The highest BCUT2D eigenvalue weighted by Crippen LogP contribution is 2.67. The molecule has 0 amide bonds. The molecule has 84 valence electrons. The lowest BCUT2D eigenvalue weighted by molar-refractivity contribution is -0.131. The lowest BCUT2D eigenvalue weighted by Gasteiger charge is -2.62. The van der Waals surface area contributed by atoms with Crippen LogP contribution in [0.2, 0.25) is 0 Å². The van der Waals surface area contributed by atoms with Gasteiger partial charge in [0, 0.05) is 0 Å². The van der Waals surface area contributed by atoms with Gasteiger partial charge in [-0.05, 0) is 61.2 Å². The summed E-state index contributed by atoms with van der Waals surface area (Å²) in [5.74, 6) is 2.01. The van der Waals surface area contributed by atoms with Gasteiger partial charge in [-0.15, -0.1) is 0 Å². The molecule has 0 heterocycles. The summed E-state index contributed by atoms with van der Waals surface area (Å²) < 4.78 is 0. The molecule has 0 saturated heterocycles. The Morgan fingerprint density at radius 2 is 2.00 bits per heavy atom. The first-order chi connectivity index (χ1) is 7.02. The molecule has 0 heteroatoms. The molecular formula is C15H24. The van der Waals surface area contributed by atoms with Crippen molar-refractivity contribution in [3.05, 3.63) is 11.6 Å². The van der Waals surface area contributed by atoms with Crippen LogP contribution in [0.25, 0.3) is 0 Å². The molecule has 0 aromatic heterocycles. The summed E-state index contributed by atoms with van der Waals surface area (Å²) in [6.45, 7) is 7.56. The van der Waals surface area contributed by atoms with Gasteiger partial charge in [-0.1, -0.05) is 32.4 Å². The first-order valence-corrected chi connectivity index (χ1v) is 6.70. The minimum absolute atomic E-state index is 0.632. The van der Waals surface area contributed by atoms with Gasteiger partial charge in [-0.3, -0.25) is 0 Å². The summed E-state index contributed by atoms with van der Waals surface area (Å²) in [6.07, 6.45) is 11.1. The van der Waals surface area contributed by atoms with E-state index in [-0.39, 0.29) is 0 Å². The molecule has 0 aromatic rings. The number of rotatable bonds is 0. The number of fused-ring (bicyclic) bond motifs is 4. The van der Waals surface area contributed by atoms with Gasteiger partial charge >= 0.3 is 0 Å². The maximum Gasteiger partial charge on any atom is -0.0256 e. The van der Waals surface area contributed by atoms with Crippen molar-refractivity contribution in [3.8, 4) is 0 Å². The number of hydrogen-bond donors (Lipinski definition) is 0. The van der Waals surface area contributed by atoms with Gasteiger partial charge in [-0.25, -0.2) is 0 Å². The van der Waals surface area contributed by atoms with E-state index in [1.165, 1.54) is 38.5 Å². The van der Waals surface area contributed by atoms with Gasteiger partial charge in [-0.2, -0.15) is 0 Å². The molecule has 3 unspecified atom stereocenters. The second-order valence-electron chi connectivity index (χ2n) is 7.10. The monoisotopic (exact) mass is 204 g/mol. The molecule has 15 heavy (non-hydrogen) atoms. The van der Waals surface area contributed by atoms with E-state index < -0.39 is 0 Å². The summed E-state index contributed by atoms with van der Waals surface area (Å²) in [4.78, 5) is 0. The maximum atomic E-state index is 2.59. The van der Waals surface area contributed by atoms with E-state index in [2.05, 4.69) is 26.8 Å². The predicted molar refractivity (Wildman–Crippen MR) is 64.7 cm³/mol. The Hall–Kier alpha value is -0.260. The minimum atomic E-state index is 0.632. The fourth-order valence-corrected chi connectivity index (χ4v) is 5.23. The lowest BCUT2D eigenvalue weighted by Crippen LogP contribution is -2.54. The normalized spacial score (nSPS) is 47.3. The van der Waals surface area contributed by atoms with Crippen molar-refractivity contribution >= 4 is 0 Å². The first kappa shape index (κ1) is 9.93. The van der Waals surface area contributed by atoms with E-state index in [9.17, 15) is 0 Å². The molecule has 0 nitrogen and oxygen atoms in total. The zero-order valence-corrected chi connectivity index (χ0v) is 10.5. The van der Waals surface area contributed by atoms with Gasteiger partial charge in [0.1, 0.15) is 0 Å². The highest BCUT2D eigenvalue weighted by Gasteiger charge is 2.59. The molecule has 2 saturated carbocycles. The SMILES string of the molecule is CC1(C)CC2(C)C3CCC=C(CCC12)C3. The van der Waals surface area contributed by atoms with Crippen LogP contribution < -0.4 is 0 Å². The van der Waals surface area contributed by atoms with Crippen LogP contribution in [0.5, 0.6) is 0 Å². The molecule has 3 rings (SSSR count). The van der Waals surface area contributed by atoms with Gasteiger partial charge < -0.3 is 0 Å². The van der Waals surface area contributed by atoms with Crippen LogP contribution in [0.4, 0.5) is 0 Å². The lowest BCUT2D eigenvalue weighted by atomic mass is 9.42. The standard InChI is InChI=1S/C15H24/c1-14(2)10-15(3)12-6-4-5-11(9-12)7-8-13(14)15/h5,12-13H,4,6-10H2,1-3H3. The topological polar surface area (TPSA) is 0 Å². The molecule has 2 bridgehead atoms. The fraction of sp³-hybridized carbons (Fsp3) is 0.867. The molecule has 0 aromatic carbocycles. The average Bonchev–Trinajstić information content (AvgIpc) is 2.23. The molecule has 0 radical (unpaired) electrons. The van der Waals surface area contributed by atoms with E-state index in [1.54, 1.807) is 5.57 Å². The van der Waals surface area contributed by atoms with Crippen molar-refractivity contribution in [3.63, 3.8) is 0 Å². The van der Waals surface area contributed by atoms with Gasteiger partial charge in [0.2, 0.25) is 0 Å². The molecule has 0 spiro atoms. The third kappa shape index (κ3) is 1.26. The zero-order valence-electron chi connectivity index (χ0n) is 10.5. The van der Waals surface area contributed by atoms with Crippen molar-refractivity contribution in [1.82, 2.24) is 0 Å². The molecule has 3 aliphatic carbocycles. The summed E-state index contributed by atoms with van der Waals surface area (Å²) in [6, 6.07) is 0. The number of hydrogen-bond acceptors (Lipinski definition) is 0. The summed E-state index contributed by atoms with van der Waals surface area (Å²) in [5, 5.41) is 0. The third-order valence-corrected chi connectivity index (χ3v) is 5.72. The third-order valence-electron chi connectivity index (χ3n) is 5.72. The van der Waals surface area contributed by atoms with E-state index >= 15 is 0 Å². The first-order valence-electron chi connectivity index (χ1n) is 6.70. The molecule has 2 fully saturated rings. The molecular weight excluding hydrogens is 180 g/mol. The van der Waals surface area contributed by atoms with Crippen LogP contribution in [0, 0.1) is 22.7 Å². The quantitative estimate of drug-likeness (QED) is 0.507. The van der Waals surface area contributed by atoms with Crippen LogP contribution in [-0.4, -0.2) is 0 Å². The van der Waals surface area contributed by atoms with Crippen LogP contribution in [0.15, 0.2) is 11.6 Å². The second kappa shape index (κ2) is 2.90. The second-order valence-corrected chi connectivity index (χ2v) is 7.10. The van der Waals surface area contributed by atoms with Gasteiger partial charge in [0.05, 0.1) is 0 Å². The van der Waals surface area contributed by atoms with Crippen LogP contribution in [-0.2, 0) is 0 Å². The van der Waals surface area contributed by atoms with Crippen molar-refractivity contribution in [2.45, 2.75) is 59.3 Å². The van der Waals surface area contributed by atoms with Crippen molar-refractivity contribution in [2.24, 2.45) is 22.7 Å². The Balaban J connectivity index is 1.94. The molecule has 3 aliphatic rings. The smallest absolute Gasteiger partial charge is 0.0256 e. The Morgan fingerprint density at radius 1 is 1.20 bits per heavy atom. The van der Waals surface area contributed by atoms with E-state index in [1.807, 2.05) is 0 Å².